The molecular weight excluding hydrogens is 1020 g/mol. The van der Waals surface area contributed by atoms with Crippen LogP contribution in [0.25, 0.3) is 82.6 Å². The molecule has 0 bridgehead atoms. The van der Waals surface area contributed by atoms with Crippen LogP contribution in [0, 0.1) is 0 Å². The van der Waals surface area contributed by atoms with E-state index in [0.29, 0.717) is 17.6 Å². The van der Waals surface area contributed by atoms with Crippen LogP contribution in [0.2, 0.25) is 0 Å². The molecule has 0 fully saturated rings. The number of rotatable bonds is 12. The molecule has 0 atom stereocenters. The lowest BCUT2D eigenvalue weighted by molar-refractivity contribution is 0.997. The molecule has 0 N–H and O–H groups in total. The summed E-state index contributed by atoms with van der Waals surface area (Å²) in [5, 5.41) is 6.83. The van der Waals surface area contributed by atoms with Crippen molar-refractivity contribution in [2.45, 2.75) is 0 Å². The monoisotopic (exact) mass is 1080 g/mol. The Balaban J connectivity index is 0.971. The maximum Gasteiger partial charge on any atom is 0.238 e. The highest BCUT2D eigenvalue weighted by Crippen LogP contribution is 2.45. The summed E-state index contributed by atoms with van der Waals surface area (Å²) in [6.45, 7) is 0. The largest absolute Gasteiger partial charge is 0.310 e. The SMILES string of the molecule is c1ccc(N(c2ccccc2)c2ccc3c(c2)c2ccccc2n3-c2cc(N(c3ccccc3)c3ccc4c5ccccc5n(-c5ccccc5)c4c3)nc(N(c3ccccc3)c3ccc4c(c3)c3ccccc3n4-c3ccccc3)n2)cc1. The summed E-state index contributed by atoms with van der Waals surface area (Å²) in [5.74, 6) is 1.90. The van der Waals surface area contributed by atoms with E-state index in [9.17, 15) is 0 Å². The summed E-state index contributed by atoms with van der Waals surface area (Å²) in [7, 11) is 0. The maximum atomic E-state index is 5.82. The van der Waals surface area contributed by atoms with E-state index in [1.165, 1.54) is 5.39 Å². The van der Waals surface area contributed by atoms with Crippen LogP contribution in [0.1, 0.15) is 0 Å². The number of anilines is 9. The zero-order valence-corrected chi connectivity index (χ0v) is 45.6. The molecule has 4 heterocycles. The normalized spacial score (nSPS) is 11.6. The molecule has 0 spiro atoms. The highest BCUT2D eigenvalue weighted by atomic mass is 15.3. The van der Waals surface area contributed by atoms with E-state index in [2.05, 4.69) is 344 Å². The van der Waals surface area contributed by atoms with E-state index >= 15 is 0 Å². The molecule has 16 aromatic rings. The summed E-state index contributed by atoms with van der Waals surface area (Å²) in [6, 6.07) is 112. The van der Waals surface area contributed by atoms with Gasteiger partial charge in [-0.2, -0.15) is 9.97 Å². The molecule has 396 valence electrons. The molecule has 4 aromatic heterocycles. The van der Waals surface area contributed by atoms with Gasteiger partial charge < -0.3 is 14.0 Å². The van der Waals surface area contributed by atoms with Crippen LogP contribution in [-0.2, 0) is 0 Å². The third kappa shape index (κ3) is 8.15. The molecule has 0 aliphatic heterocycles. The highest BCUT2D eigenvalue weighted by molar-refractivity contribution is 6.13. The molecule has 0 unspecified atom stereocenters. The van der Waals surface area contributed by atoms with Gasteiger partial charge in [-0.15, -0.1) is 0 Å². The Morgan fingerprint density at radius 1 is 0.214 bits per heavy atom. The summed E-state index contributed by atoms with van der Waals surface area (Å²) in [4.78, 5) is 18.5. The number of para-hydroxylation sites is 9. The second kappa shape index (κ2) is 20.3. The molecule has 12 aromatic carbocycles. The molecule has 0 aliphatic carbocycles. The van der Waals surface area contributed by atoms with Crippen LogP contribution in [0.5, 0.6) is 0 Å². The standard InChI is InChI=1S/C76H52N8/c1-7-25-53(26-8-1)79(54-27-9-2-10-28-54)59-44-48-72-67(49-59)64-39-21-24-42-70(64)84(72)75-52-74(80(55-29-11-3-12-30-55)61-43-46-65-62-37-19-22-40-68(62)83(73(65)51-61)58-35-17-6-18-36-58)77-76(78-75)81(56-31-13-4-14-32-56)60-45-47-71-66(50-60)63-38-20-23-41-69(63)82(71)57-33-15-5-16-34-57/h1-52H. The van der Waals surface area contributed by atoms with Crippen LogP contribution in [0.4, 0.5) is 51.6 Å². The van der Waals surface area contributed by atoms with Gasteiger partial charge in [0, 0.05) is 89.6 Å². The first-order chi connectivity index (χ1) is 41.7. The van der Waals surface area contributed by atoms with E-state index in [1.54, 1.807) is 0 Å². The quantitative estimate of drug-likeness (QED) is 0.122. The molecule has 0 saturated carbocycles. The van der Waals surface area contributed by atoms with Gasteiger partial charge >= 0.3 is 0 Å². The average molecular weight is 1080 g/mol. The topological polar surface area (TPSA) is 50.3 Å². The predicted molar refractivity (Wildman–Crippen MR) is 349 cm³/mol. The van der Waals surface area contributed by atoms with Crippen molar-refractivity contribution in [3.63, 3.8) is 0 Å². The number of nitrogens with zero attached hydrogens (tertiary/aromatic N) is 8. The van der Waals surface area contributed by atoms with Crippen molar-refractivity contribution in [2.75, 3.05) is 14.7 Å². The van der Waals surface area contributed by atoms with Crippen LogP contribution >= 0.6 is 0 Å². The van der Waals surface area contributed by atoms with Gasteiger partial charge in [-0.25, -0.2) is 0 Å². The summed E-state index contributed by atoms with van der Waals surface area (Å²) in [5.41, 5.74) is 15.6. The van der Waals surface area contributed by atoms with E-state index in [-0.39, 0.29) is 0 Å². The number of aromatic nitrogens is 5. The minimum Gasteiger partial charge on any atom is -0.310 e. The smallest absolute Gasteiger partial charge is 0.238 e. The van der Waals surface area contributed by atoms with Gasteiger partial charge in [0.15, 0.2) is 0 Å². The maximum absolute atomic E-state index is 5.82. The summed E-state index contributed by atoms with van der Waals surface area (Å²) in [6.07, 6.45) is 0. The molecule has 0 radical (unpaired) electrons. The lowest BCUT2D eigenvalue weighted by Crippen LogP contribution is -2.18. The van der Waals surface area contributed by atoms with Crippen molar-refractivity contribution in [1.29, 1.82) is 0 Å². The molecule has 84 heavy (non-hydrogen) atoms. The van der Waals surface area contributed by atoms with Gasteiger partial charge in [0.2, 0.25) is 5.95 Å². The Hall–Kier alpha value is -11.5. The van der Waals surface area contributed by atoms with Crippen molar-refractivity contribution < 1.29 is 0 Å². The summed E-state index contributed by atoms with van der Waals surface area (Å²) < 4.78 is 7.05. The minimum atomic E-state index is 0.502. The van der Waals surface area contributed by atoms with Crippen molar-refractivity contribution in [1.82, 2.24) is 23.7 Å². The van der Waals surface area contributed by atoms with Crippen molar-refractivity contribution in [2.24, 2.45) is 0 Å². The molecule has 0 aliphatic rings. The molecular formula is C76H52N8. The first-order valence-electron chi connectivity index (χ1n) is 28.4. The Labute approximate surface area is 485 Å². The molecule has 0 saturated heterocycles. The lowest BCUT2D eigenvalue weighted by atomic mass is 10.1. The zero-order chi connectivity index (χ0) is 55.5. The Morgan fingerprint density at radius 2 is 0.560 bits per heavy atom. The number of hydrogen-bond donors (Lipinski definition) is 0. The van der Waals surface area contributed by atoms with Crippen molar-refractivity contribution in [3.05, 3.63) is 315 Å². The van der Waals surface area contributed by atoms with Gasteiger partial charge in [-0.1, -0.05) is 170 Å². The fourth-order valence-corrected chi connectivity index (χ4v) is 12.5. The highest BCUT2D eigenvalue weighted by Gasteiger charge is 2.26. The van der Waals surface area contributed by atoms with E-state index in [4.69, 9.17) is 9.97 Å². The van der Waals surface area contributed by atoms with E-state index in [0.717, 1.165) is 111 Å². The zero-order valence-electron chi connectivity index (χ0n) is 45.6. The number of benzene rings is 12. The first kappa shape index (κ1) is 48.4. The Bertz CT molecular complexity index is 5040. The average Bonchev–Trinajstić information content (AvgIpc) is 4.36. The van der Waals surface area contributed by atoms with Gasteiger partial charge in [0.1, 0.15) is 11.6 Å². The molecule has 0 amide bonds. The Morgan fingerprint density at radius 3 is 1.07 bits per heavy atom. The molecule has 16 rings (SSSR count). The molecule has 8 nitrogen and oxygen atoms in total. The minimum absolute atomic E-state index is 0.502. The second-order valence-electron chi connectivity index (χ2n) is 21.1. The molecule has 8 heteroatoms. The fourth-order valence-electron chi connectivity index (χ4n) is 12.5. The van der Waals surface area contributed by atoms with Crippen LogP contribution in [-0.4, -0.2) is 23.7 Å². The van der Waals surface area contributed by atoms with Gasteiger partial charge in [0.05, 0.1) is 33.1 Å². The predicted octanol–water partition coefficient (Wildman–Crippen LogP) is 20.2. The Kier molecular flexibility index (Phi) is 11.7. The fraction of sp³-hybridized carbons (Fsp3) is 0. The van der Waals surface area contributed by atoms with Gasteiger partial charge in [0.25, 0.3) is 0 Å². The summed E-state index contributed by atoms with van der Waals surface area (Å²) >= 11 is 0. The van der Waals surface area contributed by atoms with Crippen LogP contribution in [0.15, 0.2) is 315 Å². The third-order valence-corrected chi connectivity index (χ3v) is 16.2. The van der Waals surface area contributed by atoms with Crippen LogP contribution in [0.3, 0.4) is 0 Å². The number of hydrogen-bond acceptors (Lipinski definition) is 5. The van der Waals surface area contributed by atoms with Gasteiger partial charge in [-0.3, -0.25) is 14.4 Å². The number of fused-ring (bicyclic) bond motifs is 9. The van der Waals surface area contributed by atoms with E-state index < -0.39 is 0 Å². The van der Waals surface area contributed by atoms with Gasteiger partial charge in [-0.05, 0) is 140 Å². The van der Waals surface area contributed by atoms with Crippen molar-refractivity contribution in [3.8, 4) is 17.2 Å². The van der Waals surface area contributed by atoms with E-state index in [1.807, 2.05) is 0 Å². The second-order valence-corrected chi connectivity index (χ2v) is 21.1. The third-order valence-electron chi connectivity index (χ3n) is 16.2. The van der Waals surface area contributed by atoms with Crippen molar-refractivity contribution >= 4 is 117 Å². The first-order valence-corrected chi connectivity index (χ1v) is 28.4. The van der Waals surface area contributed by atoms with Crippen LogP contribution < -0.4 is 14.7 Å². The lowest BCUT2D eigenvalue weighted by Gasteiger charge is -2.28.